The highest BCUT2D eigenvalue weighted by atomic mass is 28.3. The van der Waals surface area contributed by atoms with Crippen LogP contribution in [0, 0.1) is 0 Å². The van der Waals surface area contributed by atoms with Crippen molar-refractivity contribution in [3.63, 3.8) is 0 Å². The Morgan fingerprint density at radius 1 is 1.11 bits per heavy atom. The van der Waals surface area contributed by atoms with Crippen molar-refractivity contribution in [1.82, 2.24) is 9.47 Å². The Kier molecular flexibility index (Phi) is 9.34. The number of ether oxygens (including phenoxy) is 3. The summed E-state index contributed by atoms with van der Waals surface area (Å²) in [6.45, 7) is 18.0. The summed E-state index contributed by atoms with van der Waals surface area (Å²) in [6.07, 6.45) is 3.45. The lowest BCUT2D eigenvalue weighted by Crippen LogP contribution is -2.48. The highest BCUT2D eigenvalue weighted by molar-refractivity contribution is 6.76. The van der Waals surface area contributed by atoms with Crippen molar-refractivity contribution in [3.8, 4) is 0 Å². The van der Waals surface area contributed by atoms with Gasteiger partial charge in [0.1, 0.15) is 12.3 Å². The van der Waals surface area contributed by atoms with Gasteiger partial charge in [-0.25, -0.2) is 9.59 Å². The van der Waals surface area contributed by atoms with E-state index in [1.807, 2.05) is 55.5 Å². The van der Waals surface area contributed by atoms with Gasteiger partial charge in [0.25, 0.3) is 0 Å². The maximum atomic E-state index is 12.7. The molecule has 2 heterocycles. The second-order valence-corrected chi connectivity index (χ2v) is 17.6. The molecule has 1 aromatic heterocycles. The summed E-state index contributed by atoms with van der Waals surface area (Å²) >= 11 is 0. The number of hydrogen-bond acceptors (Lipinski definition) is 6. The molecule has 1 aliphatic heterocycles. The van der Waals surface area contributed by atoms with Crippen molar-refractivity contribution in [2.45, 2.75) is 84.6 Å². The van der Waals surface area contributed by atoms with Crippen molar-refractivity contribution in [1.29, 1.82) is 0 Å². The van der Waals surface area contributed by atoms with Crippen LogP contribution in [-0.4, -0.2) is 74.6 Å². The molecule has 37 heavy (non-hydrogen) atoms. The van der Waals surface area contributed by atoms with Gasteiger partial charge < -0.3 is 28.6 Å². The number of methoxy groups -OCH3 is 1. The fraction of sp³-hybridized carbons (Fsp3) is 0.643. The van der Waals surface area contributed by atoms with Crippen molar-refractivity contribution < 1.29 is 23.8 Å². The van der Waals surface area contributed by atoms with Crippen LogP contribution in [0.5, 0.6) is 0 Å². The molecule has 0 spiro atoms. The maximum absolute atomic E-state index is 12.7. The molecular weight excluding hydrogens is 486 g/mol. The molecule has 3 rings (SSSR count). The Hall–Kier alpha value is -2.52. The molecule has 9 heteroatoms. The van der Waals surface area contributed by atoms with Crippen LogP contribution in [-0.2, 0) is 20.9 Å². The van der Waals surface area contributed by atoms with Crippen LogP contribution in [0.4, 0.5) is 10.5 Å². The van der Waals surface area contributed by atoms with E-state index in [2.05, 4.69) is 30.6 Å². The second-order valence-electron chi connectivity index (χ2n) is 12.0. The zero-order valence-corrected chi connectivity index (χ0v) is 24.9. The van der Waals surface area contributed by atoms with Gasteiger partial charge in [0, 0.05) is 57.6 Å². The van der Waals surface area contributed by atoms with E-state index in [9.17, 15) is 9.59 Å². The summed E-state index contributed by atoms with van der Waals surface area (Å²) in [4.78, 5) is 29.6. The third-order valence-corrected chi connectivity index (χ3v) is 8.45. The minimum absolute atomic E-state index is 0.144. The van der Waals surface area contributed by atoms with Gasteiger partial charge in [0.05, 0.1) is 18.2 Å². The number of nitrogens with zero attached hydrogens (tertiary/aromatic N) is 3. The number of aromatic nitrogens is 1. The smallest absolute Gasteiger partial charge is 0.410 e. The lowest BCUT2D eigenvalue weighted by molar-refractivity contribution is 0.0149. The van der Waals surface area contributed by atoms with E-state index in [1.165, 1.54) is 7.11 Å². The second kappa shape index (κ2) is 11.9. The zero-order valence-electron chi connectivity index (χ0n) is 23.9. The Balaban J connectivity index is 1.79. The number of esters is 1. The number of carbonyl (C=O) groups is 2. The molecule has 206 valence electrons. The number of rotatable bonds is 9. The van der Waals surface area contributed by atoms with Gasteiger partial charge in [-0.2, -0.15) is 0 Å². The first-order valence-corrected chi connectivity index (χ1v) is 17.1. The Labute approximate surface area is 222 Å². The molecule has 1 amide bonds. The normalized spacial score (nSPS) is 15.2. The summed E-state index contributed by atoms with van der Waals surface area (Å²) in [5.74, 6) is -0.353. The van der Waals surface area contributed by atoms with Crippen molar-refractivity contribution >= 4 is 36.7 Å². The zero-order chi connectivity index (χ0) is 27.4. The van der Waals surface area contributed by atoms with E-state index in [0.29, 0.717) is 25.4 Å². The Morgan fingerprint density at radius 2 is 1.78 bits per heavy atom. The third kappa shape index (κ3) is 7.51. The lowest BCUT2D eigenvalue weighted by atomic mass is 10.0. The number of fused-ring (bicyclic) bond motifs is 1. The van der Waals surface area contributed by atoms with Crippen LogP contribution in [0.25, 0.3) is 10.9 Å². The maximum Gasteiger partial charge on any atom is 0.410 e. The van der Waals surface area contributed by atoms with Crippen molar-refractivity contribution in [3.05, 3.63) is 30.0 Å². The molecule has 0 aliphatic carbocycles. The molecule has 0 N–H and O–H groups in total. The van der Waals surface area contributed by atoms with Gasteiger partial charge in [-0.05, 0) is 64.8 Å². The molecule has 1 aliphatic rings. The highest BCUT2D eigenvalue weighted by Crippen LogP contribution is 2.33. The summed E-state index contributed by atoms with van der Waals surface area (Å²) < 4.78 is 18.7. The van der Waals surface area contributed by atoms with Crippen molar-refractivity contribution in [2.24, 2.45) is 0 Å². The first-order chi connectivity index (χ1) is 17.3. The average Bonchev–Trinajstić information content (AvgIpc) is 3.24. The molecule has 8 nitrogen and oxygen atoms in total. The summed E-state index contributed by atoms with van der Waals surface area (Å²) in [5, 5.41) is 1.01. The average molecular weight is 532 g/mol. The number of carbonyl (C=O) groups excluding carboxylic acids is 2. The molecule has 1 saturated heterocycles. The van der Waals surface area contributed by atoms with Crippen LogP contribution >= 0.6 is 0 Å². The van der Waals surface area contributed by atoms with E-state index in [1.54, 1.807) is 0 Å². The fourth-order valence-electron chi connectivity index (χ4n) is 4.78. The largest absolute Gasteiger partial charge is 0.465 e. The van der Waals surface area contributed by atoms with Gasteiger partial charge in [0.2, 0.25) is 0 Å². The minimum atomic E-state index is -1.18. The van der Waals surface area contributed by atoms with Crippen LogP contribution in [0.3, 0.4) is 0 Å². The quantitative estimate of drug-likeness (QED) is 0.226. The Morgan fingerprint density at radius 3 is 2.35 bits per heavy atom. The number of piperidine rings is 1. The molecule has 1 aromatic carbocycles. The van der Waals surface area contributed by atoms with E-state index < -0.39 is 13.7 Å². The SMILES string of the molecule is CCN(C(=O)OC(C)(C)C)C1CCN(c2ccc(C(=O)OC)c3c2ccn3COCC[Si](C)(C)C)CC1. The van der Waals surface area contributed by atoms with E-state index in [0.717, 1.165) is 48.6 Å². The molecule has 1 fully saturated rings. The topological polar surface area (TPSA) is 73.2 Å². The van der Waals surface area contributed by atoms with E-state index in [4.69, 9.17) is 14.2 Å². The highest BCUT2D eigenvalue weighted by Gasteiger charge is 2.31. The summed E-state index contributed by atoms with van der Waals surface area (Å²) in [6, 6.07) is 7.16. The molecule has 2 aromatic rings. The van der Waals surface area contributed by atoms with E-state index in [-0.39, 0.29) is 18.1 Å². The van der Waals surface area contributed by atoms with Gasteiger partial charge in [-0.1, -0.05) is 19.6 Å². The standard InChI is InChI=1S/C28H45N3O5Si/c1-9-31(27(33)36-28(2,3)4)21-12-15-29(16-13-21)24-11-10-23(26(32)34-5)25-22(24)14-17-30(25)20-35-18-19-37(6,7)8/h10-11,14,17,21H,9,12-13,15-16,18-20H2,1-8H3. The first-order valence-electron chi connectivity index (χ1n) is 13.4. The number of anilines is 1. The van der Waals surface area contributed by atoms with Crippen LogP contribution in [0.15, 0.2) is 24.4 Å². The molecule has 0 radical (unpaired) electrons. The predicted molar refractivity (Wildman–Crippen MR) is 151 cm³/mol. The molecule has 0 atom stereocenters. The summed E-state index contributed by atoms with van der Waals surface area (Å²) in [7, 11) is 0.229. The van der Waals surface area contributed by atoms with Gasteiger partial charge in [-0.3, -0.25) is 0 Å². The van der Waals surface area contributed by atoms with Crippen LogP contribution in [0.2, 0.25) is 25.7 Å². The van der Waals surface area contributed by atoms with Crippen LogP contribution in [0.1, 0.15) is 50.9 Å². The lowest BCUT2D eigenvalue weighted by Gasteiger charge is -2.39. The number of benzene rings is 1. The minimum Gasteiger partial charge on any atom is -0.465 e. The molecule has 0 bridgehead atoms. The van der Waals surface area contributed by atoms with Gasteiger partial charge >= 0.3 is 12.1 Å². The van der Waals surface area contributed by atoms with Crippen molar-refractivity contribution in [2.75, 3.05) is 38.3 Å². The third-order valence-electron chi connectivity index (χ3n) is 6.75. The van der Waals surface area contributed by atoms with E-state index >= 15 is 0 Å². The fourth-order valence-corrected chi connectivity index (χ4v) is 5.54. The molecular formula is C28H45N3O5Si. The first kappa shape index (κ1) is 29.0. The molecule has 0 saturated carbocycles. The summed E-state index contributed by atoms with van der Waals surface area (Å²) in [5.41, 5.74) is 1.95. The number of hydrogen-bond donors (Lipinski definition) is 0. The molecule has 0 unspecified atom stereocenters. The van der Waals surface area contributed by atoms with Gasteiger partial charge in [0.15, 0.2) is 0 Å². The van der Waals surface area contributed by atoms with Crippen LogP contribution < -0.4 is 4.90 Å². The van der Waals surface area contributed by atoms with Gasteiger partial charge in [-0.15, -0.1) is 0 Å². The monoisotopic (exact) mass is 531 g/mol. The Bertz CT molecular complexity index is 1080. The predicted octanol–water partition coefficient (Wildman–Crippen LogP) is 5.97. The number of amides is 1.